The summed E-state index contributed by atoms with van der Waals surface area (Å²) in [7, 11) is 0. The maximum absolute atomic E-state index is 11.4. The highest BCUT2D eigenvalue weighted by Gasteiger charge is 2.24. The number of hydrogen-bond acceptors (Lipinski definition) is 4. The molecule has 1 aliphatic carbocycles. The van der Waals surface area contributed by atoms with Crippen molar-refractivity contribution in [1.29, 1.82) is 0 Å². The van der Waals surface area contributed by atoms with Crippen LogP contribution in [0.1, 0.15) is 32.6 Å². The molecule has 1 N–H and O–H groups in total. The van der Waals surface area contributed by atoms with E-state index in [4.69, 9.17) is 4.74 Å². The van der Waals surface area contributed by atoms with Crippen LogP contribution >= 0.6 is 11.8 Å². The molecule has 3 nitrogen and oxygen atoms in total. The van der Waals surface area contributed by atoms with Gasteiger partial charge in [0.15, 0.2) is 0 Å². The van der Waals surface area contributed by atoms with Crippen molar-refractivity contribution < 1.29 is 9.53 Å². The second-order valence-electron chi connectivity index (χ2n) is 4.37. The van der Waals surface area contributed by atoms with Crippen LogP contribution < -0.4 is 5.32 Å². The molecule has 0 aromatic rings. The highest BCUT2D eigenvalue weighted by Crippen LogP contribution is 2.27. The minimum atomic E-state index is -0.281. The molecule has 0 aliphatic heterocycles. The molecule has 1 fully saturated rings. The zero-order chi connectivity index (χ0) is 12.7. The third kappa shape index (κ3) is 4.72. The van der Waals surface area contributed by atoms with Crippen LogP contribution in [0.3, 0.4) is 0 Å². The summed E-state index contributed by atoms with van der Waals surface area (Å²) in [6, 6.07) is 0.505. The van der Waals surface area contributed by atoms with Gasteiger partial charge in [0.05, 0.1) is 6.61 Å². The van der Waals surface area contributed by atoms with Crippen molar-refractivity contribution in [2.24, 2.45) is 0 Å². The number of nitrogens with one attached hydrogen (secondary N) is 1. The Morgan fingerprint density at radius 1 is 1.47 bits per heavy atom. The van der Waals surface area contributed by atoms with Gasteiger partial charge >= 0.3 is 5.97 Å². The first kappa shape index (κ1) is 14.6. The number of carbonyl (C=O) groups excluding carboxylic acids is 1. The lowest BCUT2D eigenvalue weighted by molar-refractivity contribution is -0.138. The Hall–Kier alpha value is -0.480. The first-order chi connectivity index (χ1) is 8.19. The molecule has 17 heavy (non-hydrogen) atoms. The molecule has 0 amide bonds. The molecule has 0 bridgehead atoms. The summed E-state index contributed by atoms with van der Waals surface area (Å²) in [6.07, 6.45) is 7.22. The molecule has 1 aliphatic rings. The fourth-order valence-electron chi connectivity index (χ4n) is 2.17. The molecule has 0 saturated heterocycles. The number of thioether (sulfide) groups is 1. The van der Waals surface area contributed by atoms with Crippen molar-refractivity contribution >= 4 is 17.7 Å². The molecule has 0 aromatic carbocycles. The van der Waals surface area contributed by atoms with Crippen molar-refractivity contribution in [1.82, 2.24) is 5.32 Å². The summed E-state index contributed by atoms with van der Waals surface area (Å²) in [5, 5.41) is 4.11. The Labute approximate surface area is 108 Å². The van der Waals surface area contributed by atoms with Gasteiger partial charge in [0.25, 0.3) is 0 Å². The van der Waals surface area contributed by atoms with Gasteiger partial charge in [-0.1, -0.05) is 19.4 Å². The van der Waals surface area contributed by atoms with Crippen LogP contribution in [0.2, 0.25) is 0 Å². The van der Waals surface area contributed by atoms with Gasteiger partial charge in [-0.3, -0.25) is 0 Å². The molecular formula is C13H23NO2S. The van der Waals surface area contributed by atoms with E-state index in [1.807, 2.05) is 18.7 Å². The lowest BCUT2D eigenvalue weighted by Crippen LogP contribution is -2.41. The summed E-state index contributed by atoms with van der Waals surface area (Å²) in [6.45, 7) is 6.53. The van der Waals surface area contributed by atoms with E-state index in [0.717, 1.165) is 0 Å². The second kappa shape index (κ2) is 7.77. The second-order valence-corrected chi connectivity index (χ2v) is 5.45. The fourth-order valence-corrected chi connectivity index (χ4v) is 3.14. The van der Waals surface area contributed by atoms with Gasteiger partial charge in [-0.25, -0.2) is 4.79 Å². The predicted octanol–water partition coefficient (Wildman–Crippen LogP) is 2.37. The summed E-state index contributed by atoms with van der Waals surface area (Å²) in [5.74, 6) is -0.281. The number of ether oxygens (including phenoxy) is 1. The maximum atomic E-state index is 11.4. The standard InChI is InChI=1S/C13H23NO2S/c1-4-16-13(15)10(2)9-14-11-7-5-6-8-12(11)17-3/h11-12,14H,2,4-9H2,1,3H3. The Bertz CT molecular complexity index is 268. The highest BCUT2D eigenvalue weighted by molar-refractivity contribution is 7.99. The van der Waals surface area contributed by atoms with Gasteiger partial charge < -0.3 is 10.1 Å². The molecular weight excluding hydrogens is 234 g/mol. The van der Waals surface area contributed by atoms with Crippen LogP contribution in [0, 0.1) is 0 Å². The number of carbonyl (C=O) groups is 1. The van der Waals surface area contributed by atoms with Crippen LogP contribution in [0.5, 0.6) is 0 Å². The van der Waals surface area contributed by atoms with Gasteiger partial charge in [-0.15, -0.1) is 0 Å². The average molecular weight is 257 g/mol. The van der Waals surface area contributed by atoms with Gasteiger partial charge in [-0.2, -0.15) is 11.8 Å². The van der Waals surface area contributed by atoms with E-state index in [0.29, 0.717) is 30.0 Å². The summed E-state index contributed by atoms with van der Waals surface area (Å²) in [4.78, 5) is 11.4. The molecule has 98 valence electrons. The maximum Gasteiger partial charge on any atom is 0.334 e. The zero-order valence-corrected chi connectivity index (χ0v) is 11.6. The smallest absolute Gasteiger partial charge is 0.334 e. The Morgan fingerprint density at radius 3 is 2.82 bits per heavy atom. The quantitative estimate of drug-likeness (QED) is 0.585. The zero-order valence-electron chi connectivity index (χ0n) is 10.8. The number of esters is 1. The van der Waals surface area contributed by atoms with Crippen molar-refractivity contribution in [3.8, 4) is 0 Å². The Balaban J connectivity index is 2.33. The molecule has 2 unspecified atom stereocenters. The average Bonchev–Trinajstić information content (AvgIpc) is 2.36. The van der Waals surface area contributed by atoms with Gasteiger partial charge in [0, 0.05) is 23.4 Å². The van der Waals surface area contributed by atoms with Crippen molar-refractivity contribution in [3.63, 3.8) is 0 Å². The first-order valence-electron chi connectivity index (χ1n) is 6.30. The monoisotopic (exact) mass is 257 g/mol. The van der Waals surface area contributed by atoms with Crippen LogP contribution in [0.25, 0.3) is 0 Å². The van der Waals surface area contributed by atoms with Crippen molar-refractivity contribution in [3.05, 3.63) is 12.2 Å². The molecule has 0 radical (unpaired) electrons. The lowest BCUT2D eigenvalue weighted by Gasteiger charge is -2.31. The fraction of sp³-hybridized carbons (Fsp3) is 0.769. The van der Waals surface area contributed by atoms with E-state index in [9.17, 15) is 4.79 Å². The third-order valence-corrected chi connectivity index (χ3v) is 4.32. The van der Waals surface area contributed by atoms with Crippen LogP contribution in [-0.2, 0) is 9.53 Å². The number of rotatable bonds is 6. The van der Waals surface area contributed by atoms with E-state index in [-0.39, 0.29) is 5.97 Å². The molecule has 1 rings (SSSR count). The van der Waals surface area contributed by atoms with E-state index < -0.39 is 0 Å². The van der Waals surface area contributed by atoms with E-state index >= 15 is 0 Å². The molecule has 0 spiro atoms. The van der Waals surface area contributed by atoms with Crippen LogP contribution in [-0.4, -0.2) is 36.7 Å². The first-order valence-corrected chi connectivity index (χ1v) is 7.59. The van der Waals surface area contributed by atoms with E-state index in [1.54, 1.807) is 0 Å². The molecule has 0 heterocycles. The SMILES string of the molecule is C=C(CNC1CCCCC1SC)C(=O)OCC. The van der Waals surface area contributed by atoms with Crippen LogP contribution in [0.4, 0.5) is 0 Å². The molecule has 2 atom stereocenters. The molecule has 4 heteroatoms. The van der Waals surface area contributed by atoms with Crippen LogP contribution in [0.15, 0.2) is 12.2 Å². The predicted molar refractivity (Wildman–Crippen MR) is 73.3 cm³/mol. The van der Waals surface area contributed by atoms with E-state index in [2.05, 4.69) is 18.2 Å². The number of hydrogen-bond donors (Lipinski definition) is 1. The van der Waals surface area contributed by atoms with Crippen molar-refractivity contribution in [2.75, 3.05) is 19.4 Å². The van der Waals surface area contributed by atoms with Gasteiger partial charge in [0.1, 0.15) is 0 Å². The molecule has 0 aromatic heterocycles. The van der Waals surface area contributed by atoms with E-state index in [1.165, 1.54) is 25.7 Å². The summed E-state index contributed by atoms with van der Waals surface area (Å²) in [5.41, 5.74) is 0.525. The third-order valence-electron chi connectivity index (χ3n) is 3.15. The van der Waals surface area contributed by atoms with Crippen molar-refractivity contribution in [2.45, 2.75) is 43.9 Å². The molecule has 1 saturated carbocycles. The lowest BCUT2D eigenvalue weighted by atomic mass is 9.94. The minimum absolute atomic E-state index is 0.281. The Morgan fingerprint density at radius 2 is 2.18 bits per heavy atom. The minimum Gasteiger partial charge on any atom is -0.463 e. The normalized spacial score (nSPS) is 24.4. The topological polar surface area (TPSA) is 38.3 Å². The summed E-state index contributed by atoms with van der Waals surface area (Å²) < 4.78 is 4.91. The largest absolute Gasteiger partial charge is 0.463 e. The highest BCUT2D eigenvalue weighted by atomic mass is 32.2. The Kier molecular flexibility index (Phi) is 6.66. The van der Waals surface area contributed by atoms with Gasteiger partial charge in [0.2, 0.25) is 0 Å². The van der Waals surface area contributed by atoms with Gasteiger partial charge in [-0.05, 0) is 26.0 Å². The summed E-state index contributed by atoms with van der Waals surface area (Å²) >= 11 is 1.92.